The molecule has 10 heteroatoms. The number of benzene rings is 1. The smallest absolute Gasteiger partial charge is 0.238 e. The molecule has 2 aromatic rings. The molecule has 0 atom stereocenters. The molecule has 7 nitrogen and oxygen atoms in total. The summed E-state index contributed by atoms with van der Waals surface area (Å²) in [6.07, 6.45) is 1.67. The molecule has 1 heterocycles. The third kappa shape index (κ3) is 3.40. The van der Waals surface area contributed by atoms with E-state index in [4.69, 9.17) is 33.1 Å². The minimum Gasteiger partial charge on any atom is -0.484 e. The topological polar surface area (TPSA) is 100 Å². The Labute approximate surface area is 125 Å². The molecule has 1 aromatic heterocycles. The predicted octanol–water partition coefficient (Wildman–Crippen LogP) is 1.35. The number of primary sulfonamides is 1. The Kier molecular flexibility index (Phi) is 4.19. The number of rotatable bonds is 4. The van der Waals surface area contributed by atoms with E-state index in [0.29, 0.717) is 5.69 Å². The van der Waals surface area contributed by atoms with Crippen LogP contribution in [0.4, 0.5) is 0 Å². The monoisotopic (exact) mass is 336 g/mol. The minimum absolute atomic E-state index is 0.0467. The van der Waals surface area contributed by atoms with Crippen LogP contribution in [0.1, 0.15) is 5.69 Å². The highest BCUT2D eigenvalue weighted by Gasteiger charge is 2.16. The molecule has 0 aliphatic heterocycles. The molecule has 0 saturated heterocycles. The minimum atomic E-state index is -3.88. The van der Waals surface area contributed by atoms with Gasteiger partial charge in [-0.05, 0) is 12.1 Å². The zero-order valence-corrected chi connectivity index (χ0v) is 12.6. The Balaban J connectivity index is 2.25. The molecule has 2 rings (SSSR count). The van der Waals surface area contributed by atoms with Crippen molar-refractivity contribution in [1.82, 2.24) is 15.0 Å². The van der Waals surface area contributed by atoms with Gasteiger partial charge >= 0.3 is 0 Å². The Bertz CT molecular complexity index is 722. The van der Waals surface area contributed by atoms with E-state index < -0.39 is 10.0 Å². The molecule has 1 aromatic carbocycles. The van der Waals surface area contributed by atoms with Crippen molar-refractivity contribution >= 4 is 33.2 Å². The van der Waals surface area contributed by atoms with Crippen molar-refractivity contribution in [3.8, 4) is 5.75 Å². The van der Waals surface area contributed by atoms with E-state index in [1.165, 1.54) is 16.8 Å². The first-order valence-corrected chi connectivity index (χ1v) is 7.57. The number of sulfonamides is 1. The Hall–Kier alpha value is -1.35. The van der Waals surface area contributed by atoms with Crippen LogP contribution in [0.5, 0.6) is 5.75 Å². The van der Waals surface area contributed by atoms with Crippen molar-refractivity contribution in [2.45, 2.75) is 11.5 Å². The molecule has 0 spiro atoms. The predicted molar refractivity (Wildman–Crippen MR) is 73.2 cm³/mol. The fourth-order valence-electron chi connectivity index (χ4n) is 1.45. The summed E-state index contributed by atoms with van der Waals surface area (Å²) in [5, 5.41) is 12.7. The second-order valence-electron chi connectivity index (χ2n) is 3.93. The number of aromatic nitrogens is 3. The van der Waals surface area contributed by atoms with Gasteiger partial charge in [0.1, 0.15) is 12.3 Å². The van der Waals surface area contributed by atoms with Crippen molar-refractivity contribution < 1.29 is 13.2 Å². The van der Waals surface area contributed by atoms with Crippen LogP contribution in [0.3, 0.4) is 0 Å². The quantitative estimate of drug-likeness (QED) is 0.908. The summed E-state index contributed by atoms with van der Waals surface area (Å²) in [5.74, 6) is 0.159. The molecule has 0 saturated carbocycles. The fraction of sp³-hybridized carbons (Fsp3) is 0.200. The van der Waals surface area contributed by atoms with Crippen LogP contribution < -0.4 is 9.88 Å². The maximum atomic E-state index is 11.2. The largest absolute Gasteiger partial charge is 0.484 e. The second kappa shape index (κ2) is 5.57. The van der Waals surface area contributed by atoms with Crippen molar-refractivity contribution in [3.05, 3.63) is 34.1 Å². The van der Waals surface area contributed by atoms with Gasteiger partial charge in [0.05, 0.1) is 21.1 Å². The number of hydrogen-bond acceptors (Lipinski definition) is 5. The van der Waals surface area contributed by atoms with Crippen molar-refractivity contribution in [1.29, 1.82) is 0 Å². The zero-order valence-electron chi connectivity index (χ0n) is 10.2. The number of nitrogens with two attached hydrogens (primary N) is 1. The van der Waals surface area contributed by atoms with Gasteiger partial charge in [-0.1, -0.05) is 28.4 Å². The number of ether oxygens (including phenoxy) is 1. The third-order valence-electron chi connectivity index (χ3n) is 2.31. The van der Waals surface area contributed by atoms with Crippen molar-refractivity contribution in [2.75, 3.05) is 0 Å². The first kappa shape index (κ1) is 15.0. The van der Waals surface area contributed by atoms with Gasteiger partial charge in [-0.15, -0.1) is 5.10 Å². The standard InChI is InChI=1S/C10H10Cl2N4O3S/c1-16-4-6(14-15-16)5-19-10-8(11)2-7(3-9(10)12)20(13,17)18/h2-4H,5H2,1H3,(H2,13,17,18). The normalized spacial score (nSPS) is 11.6. The van der Waals surface area contributed by atoms with Gasteiger partial charge in [0, 0.05) is 7.05 Å². The van der Waals surface area contributed by atoms with E-state index in [9.17, 15) is 8.42 Å². The average Bonchev–Trinajstić information content (AvgIpc) is 2.72. The highest BCUT2D eigenvalue weighted by molar-refractivity contribution is 7.89. The summed E-state index contributed by atoms with van der Waals surface area (Å²) >= 11 is 11.9. The lowest BCUT2D eigenvalue weighted by Crippen LogP contribution is -2.12. The maximum Gasteiger partial charge on any atom is 0.238 e. The van der Waals surface area contributed by atoms with E-state index in [1.54, 1.807) is 13.2 Å². The van der Waals surface area contributed by atoms with E-state index >= 15 is 0 Å². The lowest BCUT2D eigenvalue weighted by Gasteiger charge is -2.10. The fourth-order valence-corrected chi connectivity index (χ4v) is 2.74. The van der Waals surface area contributed by atoms with E-state index in [0.717, 1.165) is 0 Å². The summed E-state index contributed by atoms with van der Waals surface area (Å²) in [7, 11) is -2.16. The lowest BCUT2D eigenvalue weighted by molar-refractivity contribution is 0.301. The maximum absolute atomic E-state index is 11.2. The summed E-state index contributed by atoms with van der Waals surface area (Å²) in [4.78, 5) is -0.181. The van der Waals surface area contributed by atoms with Gasteiger partial charge in [0.25, 0.3) is 0 Å². The van der Waals surface area contributed by atoms with E-state index in [-0.39, 0.29) is 27.3 Å². The molecule has 0 bridgehead atoms. The van der Waals surface area contributed by atoms with Crippen LogP contribution in [-0.2, 0) is 23.7 Å². The molecular weight excluding hydrogens is 327 g/mol. The van der Waals surface area contributed by atoms with Gasteiger partial charge in [0.2, 0.25) is 10.0 Å². The first-order chi connectivity index (χ1) is 9.27. The Morgan fingerprint density at radius 1 is 1.35 bits per heavy atom. The van der Waals surface area contributed by atoms with Crippen LogP contribution in [0, 0.1) is 0 Å². The molecule has 20 heavy (non-hydrogen) atoms. The van der Waals surface area contributed by atoms with Crippen LogP contribution >= 0.6 is 23.2 Å². The van der Waals surface area contributed by atoms with Crippen LogP contribution in [0.25, 0.3) is 0 Å². The summed E-state index contributed by atoms with van der Waals surface area (Å²) in [6.45, 7) is 0.0992. The third-order valence-corrected chi connectivity index (χ3v) is 3.77. The van der Waals surface area contributed by atoms with Gasteiger partial charge in [-0.3, -0.25) is 4.68 Å². The molecule has 0 fully saturated rings. The van der Waals surface area contributed by atoms with Gasteiger partial charge in [-0.25, -0.2) is 13.6 Å². The van der Waals surface area contributed by atoms with Gasteiger partial charge in [-0.2, -0.15) is 0 Å². The summed E-state index contributed by atoms with van der Waals surface area (Å²) in [5.41, 5.74) is 0.579. The molecule has 0 unspecified atom stereocenters. The highest BCUT2D eigenvalue weighted by Crippen LogP contribution is 2.35. The summed E-state index contributed by atoms with van der Waals surface area (Å²) < 4.78 is 29.4. The molecule has 0 amide bonds. The summed E-state index contributed by atoms with van der Waals surface area (Å²) in [6, 6.07) is 2.35. The van der Waals surface area contributed by atoms with Crippen LogP contribution in [0.2, 0.25) is 10.0 Å². The molecule has 0 radical (unpaired) electrons. The van der Waals surface area contributed by atoms with Crippen molar-refractivity contribution in [3.63, 3.8) is 0 Å². The highest BCUT2D eigenvalue weighted by atomic mass is 35.5. The zero-order chi connectivity index (χ0) is 14.9. The molecular formula is C10H10Cl2N4O3S. The number of nitrogens with zero attached hydrogens (tertiary/aromatic N) is 3. The SMILES string of the molecule is Cn1cc(COc2c(Cl)cc(S(N)(=O)=O)cc2Cl)nn1. The van der Waals surface area contributed by atoms with Crippen LogP contribution in [0.15, 0.2) is 23.2 Å². The molecule has 0 aliphatic rings. The average molecular weight is 337 g/mol. The first-order valence-electron chi connectivity index (χ1n) is 5.27. The second-order valence-corrected chi connectivity index (χ2v) is 6.31. The van der Waals surface area contributed by atoms with Crippen molar-refractivity contribution in [2.24, 2.45) is 12.2 Å². The van der Waals surface area contributed by atoms with Crippen LogP contribution in [-0.4, -0.2) is 23.4 Å². The van der Waals surface area contributed by atoms with E-state index in [2.05, 4.69) is 10.3 Å². The number of halogens is 2. The molecule has 108 valence electrons. The number of hydrogen-bond donors (Lipinski definition) is 1. The number of aryl methyl sites for hydroxylation is 1. The van der Waals surface area contributed by atoms with E-state index in [1.807, 2.05) is 0 Å². The lowest BCUT2D eigenvalue weighted by atomic mass is 10.3. The molecule has 2 N–H and O–H groups in total. The Morgan fingerprint density at radius 3 is 2.40 bits per heavy atom. The van der Waals surface area contributed by atoms with Gasteiger partial charge in [0.15, 0.2) is 5.75 Å². The van der Waals surface area contributed by atoms with Gasteiger partial charge < -0.3 is 4.74 Å². The Morgan fingerprint density at radius 2 is 1.95 bits per heavy atom. The molecule has 0 aliphatic carbocycles.